The fourth-order valence-electron chi connectivity index (χ4n) is 7.44. The van der Waals surface area contributed by atoms with Crippen LogP contribution in [0.25, 0.3) is 0 Å². The first-order valence-corrected chi connectivity index (χ1v) is 25.7. The van der Waals surface area contributed by atoms with Crippen LogP contribution in [0.2, 0.25) is 0 Å². The van der Waals surface area contributed by atoms with Crippen LogP contribution in [0.1, 0.15) is 265 Å². The van der Waals surface area contributed by atoms with Crippen molar-refractivity contribution in [3.63, 3.8) is 0 Å². The molecular weight excluding hydrogens is 723 g/mol. The molecule has 0 saturated carbocycles. The molecule has 0 saturated heterocycles. The smallest absolute Gasteiger partial charge is 0.462 e. The Morgan fingerprint density at radius 2 is 0.750 bits per heavy atom. The van der Waals surface area contributed by atoms with Crippen LogP contribution >= 0.6 is 7.82 Å². The second-order valence-corrected chi connectivity index (χ2v) is 18.5. The van der Waals surface area contributed by atoms with Crippen LogP contribution in [-0.4, -0.2) is 41.0 Å². The van der Waals surface area contributed by atoms with Gasteiger partial charge >= 0.3 is 19.8 Å². The van der Waals surface area contributed by atoms with E-state index in [0.29, 0.717) is 6.42 Å². The van der Waals surface area contributed by atoms with Crippen molar-refractivity contribution < 1.29 is 37.9 Å². The standard InChI is InChI=1S/C47H93O8P/c1-4-5-6-7-8-9-10-11-12-15-19-22-25-28-31-34-37-40-46(48)53-42-45(43-54-56(50,51)52)55-47(49)41-38-35-32-29-26-23-20-17-14-13-16-18-21-24-27-30-33-36-39-44(2)3/h44-45H,4-43H2,1-3H3,(H2,50,51,52)/t45-/m1/s1. The van der Waals surface area contributed by atoms with Crippen molar-refractivity contribution in [3.8, 4) is 0 Å². The fraction of sp³-hybridized carbons (Fsp3) is 0.957. The zero-order valence-corrected chi connectivity index (χ0v) is 38.1. The van der Waals surface area contributed by atoms with Gasteiger partial charge in [0, 0.05) is 12.8 Å². The highest BCUT2D eigenvalue weighted by atomic mass is 31.2. The third-order valence-electron chi connectivity index (χ3n) is 11.1. The van der Waals surface area contributed by atoms with Gasteiger partial charge in [0.2, 0.25) is 0 Å². The van der Waals surface area contributed by atoms with Gasteiger partial charge in [0.25, 0.3) is 0 Å². The lowest BCUT2D eigenvalue weighted by molar-refractivity contribution is -0.161. The van der Waals surface area contributed by atoms with E-state index in [1.807, 2.05) is 0 Å². The molecular formula is C47H93O8P. The number of rotatable bonds is 45. The molecule has 0 aromatic heterocycles. The van der Waals surface area contributed by atoms with E-state index in [1.54, 1.807) is 0 Å². The minimum atomic E-state index is -4.75. The quantitative estimate of drug-likeness (QED) is 0.0354. The molecule has 9 heteroatoms. The predicted molar refractivity (Wildman–Crippen MR) is 235 cm³/mol. The fourth-order valence-corrected chi connectivity index (χ4v) is 7.80. The lowest BCUT2D eigenvalue weighted by Crippen LogP contribution is -2.29. The molecule has 0 amide bonds. The molecule has 8 nitrogen and oxygen atoms in total. The molecule has 0 aliphatic rings. The third-order valence-corrected chi connectivity index (χ3v) is 11.5. The highest BCUT2D eigenvalue weighted by Gasteiger charge is 2.23. The Morgan fingerprint density at radius 1 is 0.446 bits per heavy atom. The van der Waals surface area contributed by atoms with Crippen molar-refractivity contribution >= 4 is 19.8 Å². The van der Waals surface area contributed by atoms with E-state index >= 15 is 0 Å². The van der Waals surface area contributed by atoms with Crippen molar-refractivity contribution in [3.05, 3.63) is 0 Å². The number of hydrogen-bond acceptors (Lipinski definition) is 6. The highest BCUT2D eigenvalue weighted by Crippen LogP contribution is 2.36. The van der Waals surface area contributed by atoms with Crippen LogP contribution in [0, 0.1) is 5.92 Å². The van der Waals surface area contributed by atoms with Gasteiger partial charge in [-0.05, 0) is 18.8 Å². The SMILES string of the molecule is CCCCCCCCCCCCCCCCCCCC(=O)OC[C@H](COP(=O)(O)O)OC(=O)CCCCCCCCCCCCCCCCCCCCC(C)C. The van der Waals surface area contributed by atoms with Gasteiger partial charge in [-0.1, -0.05) is 239 Å². The Balaban J connectivity index is 3.78. The van der Waals surface area contributed by atoms with E-state index < -0.39 is 32.5 Å². The summed E-state index contributed by atoms with van der Waals surface area (Å²) in [6, 6.07) is 0. The van der Waals surface area contributed by atoms with Gasteiger partial charge in [-0.25, -0.2) is 4.57 Å². The van der Waals surface area contributed by atoms with Crippen LogP contribution in [-0.2, 0) is 28.2 Å². The molecule has 0 fully saturated rings. The molecule has 0 bridgehead atoms. The van der Waals surface area contributed by atoms with Crippen molar-refractivity contribution in [1.29, 1.82) is 0 Å². The average molecular weight is 817 g/mol. The lowest BCUT2D eigenvalue weighted by atomic mass is 10.0. The topological polar surface area (TPSA) is 119 Å². The number of esters is 2. The normalized spacial score (nSPS) is 12.4. The van der Waals surface area contributed by atoms with Crippen LogP contribution < -0.4 is 0 Å². The van der Waals surface area contributed by atoms with E-state index in [-0.39, 0.29) is 19.4 Å². The van der Waals surface area contributed by atoms with Crippen LogP contribution in [0.5, 0.6) is 0 Å². The summed E-state index contributed by atoms with van der Waals surface area (Å²) in [6.45, 7) is 6.10. The summed E-state index contributed by atoms with van der Waals surface area (Å²) in [4.78, 5) is 43.0. The average Bonchev–Trinajstić information content (AvgIpc) is 3.15. The molecule has 334 valence electrons. The molecule has 56 heavy (non-hydrogen) atoms. The molecule has 0 aliphatic carbocycles. The van der Waals surface area contributed by atoms with Crippen LogP contribution in [0.3, 0.4) is 0 Å². The number of hydrogen-bond donors (Lipinski definition) is 2. The highest BCUT2D eigenvalue weighted by molar-refractivity contribution is 7.46. The van der Waals surface area contributed by atoms with E-state index in [9.17, 15) is 14.2 Å². The van der Waals surface area contributed by atoms with Gasteiger partial charge in [0.1, 0.15) is 6.61 Å². The summed E-state index contributed by atoms with van der Waals surface area (Å²) in [5, 5.41) is 0. The minimum Gasteiger partial charge on any atom is -0.462 e. The van der Waals surface area contributed by atoms with Gasteiger partial charge in [-0.15, -0.1) is 0 Å². The summed E-state index contributed by atoms with van der Waals surface area (Å²) in [6.07, 6.45) is 45.5. The molecule has 0 aromatic carbocycles. The zero-order valence-electron chi connectivity index (χ0n) is 37.2. The number of carbonyl (C=O) groups is 2. The van der Waals surface area contributed by atoms with Crippen LogP contribution in [0.4, 0.5) is 0 Å². The van der Waals surface area contributed by atoms with E-state index in [1.165, 1.54) is 193 Å². The van der Waals surface area contributed by atoms with Crippen molar-refractivity contribution in [2.45, 2.75) is 271 Å². The number of unbranched alkanes of at least 4 members (excludes halogenated alkanes) is 33. The molecule has 0 radical (unpaired) electrons. The summed E-state index contributed by atoms with van der Waals surface area (Å²) in [5.41, 5.74) is 0. The van der Waals surface area contributed by atoms with Gasteiger partial charge in [0.05, 0.1) is 6.61 Å². The molecule has 0 heterocycles. The van der Waals surface area contributed by atoms with Gasteiger partial charge in [0.15, 0.2) is 6.10 Å². The second-order valence-electron chi connectivity index (χ2n) is 17.3. The molecule has 0 unspecified atom stereocenters. The molecule has 0 aromatic rings. The van der Waals surface area contributed by atoms with Crippen LogP contribution in [0.15, 0.2) is 0 Å². The maximum atomic E-state index is 12.5. The van der Waals surface area contributed by atoms with Gasteiger partial charge in [-0.3, -0.25) is 14.1 Å². The third kappa shape index (κ3) is 45.7. The van der Waals surface area contributed by atoms with Gasteiger partial charge < -0.3 is 19.3 Å². The summed E-state index contributed by atoms with van der Waals surface area (Å²) >= 11 is 0. The van der Waals surface area contributed by atoms with Crippen molar-refractivity contribution in [1.82, 2.24) is 0 Å². The maximum Gasteiger partial charge on any atom is 0.469 e. The first-order chi connectivity index (χ1) is 27.1. The first-order valence-electron chi connectivity index (χ1n) is 24.2. The van der Waals surface area contributed by atoms with Gasteiger partial charge in [-0.2, -0.15) is 0 Å². The number of ether oxygens (including phenoxy) is 2. The Hall–Kier alpha value is -0.950. The summed E-state index contributed by atoms with van der Waals surface area (Å²) < 4.78 is 26.5. The molecule has 0 aliphatic heterocycles. The molecule has 2 N–H and O–H groups in total. The van der Waals surface area contributed by atoms with Crippen molar-refractivity contribution in [2.75, 3.05) is 13.2 Å². The molecule has 0 rings (SSSR count). The second kappa shape index (κ2) is 42.2. The Bertz CT molecular complexity index is 891. The lowest BCUT2D eigenvalue weighted by Gasteiger charge is -2.18. The largest absolute Gasteiger partial charge is 0.469 e. The van der Waals surface area contributed by atoms with E-state index in [2.05, 4.69) is 25.3 Å². The summed E-state index contributed by atoms with van der Waals surface area (Å²) in [5.74, 6) is -0.0142. The number of phosphoric ester groups is 1. The molecule has 1 atom stereocenters. The maximum absolute atomic E-state index is 12.5. The Kier molecular flexibility index (Phi) is 41.5. The predicted octanol–water partition coefficient (Wildman–Crippen LogP) is 15.1. The Labute approximate surface area is 346 Å². The number of phosphoric acid groups is 1. The Morgan fingerprint density at radius 3 is 1.07 bits per heavy atom. The molecule has 0 spiro atoms. The monoisotopic (exact) mass is 817 g/mol. The van der Waals surface area contributed by atoms with E-state index in [4.69, 9.17) is 19.3 Å². The van der Waals surface area contributed by atoms with Crippen molar-refractivity contribution in [2.24, 2.45) is 5.92 Å². The summed E-state index contributed by atoms with van der Waals surface area (Å²) in [7, 11) is -4.75. The van der Waals surface area contributed by atoms with E-state index in [0.717, 1.165) is 38.0 Å². The first kappa shape index (κ1) is 55.0. The zero-order chi connectivity index (χ0) is 41.2. The minimum absolute atomic E-state index is 0.220. The number of carbonyl (C=O) groups excluding carboxylic acids is 2.